The number of rotatable bonds is 5. The molecule has 0 atom stereocenters. The fourth-order valence-corrected chi connectivity index (χ4v) is 3.40. The molecular weight excluding hydrogens is 348 g/mol. The van der Waals surface area contributed by atoms with Crippen molar-refractivity contribution in [3.63, 3.8) is 0 Å². The highest BCUT2D eigenvalue weighted by Gasteiger charge is 2.33. The summed E-state index contributed by atoms with van der Waals surface area (Å²) in [5.41, 5.74) is 2.24. The summed E-state index contributed by atoms with van der Waals surface area (Å²) in [5.74, 6) is 0.410. The number of hydrogen-bond acceptors (Lipinski definition) is 5. The summed E-state index contributed by atoms with van der Waals surface area (Å²) >= 11 is 0.954. The first-order chi connectivity index (χ1) is 12.6. The highest BCUT2D eigenvalue weighted by atomic mass is 32.2. The van der Waals surface area contributed by atoms with E-state index in [0.717, 1.165) is 22.9 Å². The van der Waals surface area contributed by atoms with Gasteiger partial charge in [-0.15, -0.1) is 0 Å². The second-order valence-corrected chi connectivity index (χ2v) is 6.55. The van der Waals surface area contributed by atoms with Crippen molar-refractivity contribution in [2.75, 3.05) is 6.54 Å². The van der Waals surface area contributed by atoms with E-state index in [-0.39, 0.29) is 11.1 Å². The predicted molar refractivity (Wildman–Crippen MR) is 100 cm³/mol. The molecule has 1 fully saturated rings. The lowest BCUT2D eigenvalue weighted by atomic mass is 10.1. The van der Waals surface area contributed by atoms with E-state index in [0.29, 0.717) is 29.4 Å². The van der Waals surface area contributed by atoms with Crippen molar-refractivity contribution in [1.29, 1.82) is 5.26 Å². The van der Waals surface area contributed by atoms with E-state index < -0.39 is 0 Å². The Bertz CT molecular complexity index is 913. The molecule has 0 unspecified atom stereocenters. The maximum Gasteiger partial charge on any atom is 0.293 e. The van der Waals surface area contributed by atoms with Crippen LogP contribution in [-0.2, 0) is 11.4 Å². The molecule has 0 aliphatic carbocycles. The Balaban J connectivity index is 1.68. The summed E-state index contributed by atoms with van der Waals surface area (Å²) in [4.78, 5) is 25.5. The van der Waals surface area contributed by atoms with Gasteiger partial charge in [-0.2, -0.15) is 5.26 Å². The number of likely N-dealkylation sites (N-methyl/N-ethyl adjacent to an activating group) is 1. The summed E-state index contributed by atoms with van der Waals surface area (Å²) in [6, 6.07) is 16.7. The Morgan fingerprint density at radius 3 is 2.54 bits per heavy atom. The second kappa shape index (κ2) is 7.89. The molecular formula is C20H16N2O3S. The van der Waals surface area contributed by atoms with Gasteiger partial charge in [0.2, 0.25) is 0 Å². The number of carbonyl (C=O) groups excluding carboxylic acids is 2. The Kier molecular flexibility index (Phi) is 5.40. The molecule has 0 bridgehead atoms. The minimum Gasteiger partial charge on any atom is -0.489 e. The van der Waals surface area contributed by atoms with Crippen LogP contribution in [0.15, 0.2) is 53.4 Å². The highest BCUT2D eigenvalue weighted by Crippen LogP contribution is 2.32. The molecule has 1 aliphatic rings. The molecule has 1 heterocycles. The fourth-order valence-electron chi connectivity index (χ4n) is 2.50. The largest absolute Gasteiger partial charge is 0.489 e. The zero-order chi connectivity index (χ0) is 18.5. The van der Waals surface area contributed by atoms with Crippen molar-refractivity contribution in [1.82, 2.24) is 4.90 Å². The lowest BCUT2D eigenvalue weighted by molar-refractivity contribution is -0.122. The van der Waals surface area contributed by atoms with Crippen LogP contribution >= 0.6 is 11.8 Å². The van der Waals surface area contributed by atoms with E-state index in [1.54, 1.807) is 31.2 Å². The van der Waals surface area contributed by atoms with Crippen LogP contribution in [0.3, 0.4) is 0 Å². The van der Waals surface area contributed by atoms with Crippen LogP contribution in [0.4, 0.5) is 4.79 Å². The van der Waals surface area contributed by atoms with Crippen molar-refractivity contribution >= 4 is 29.0 Å². The maximum atomic E-state index is 12.1. The van der Waals surface area contributed by atoms with Gasteiger partial charge in [-0.1, -0.05) is 30.3 Å². The lowest BCUT2D eigenvalue weighted by Crippen LogP contribution is -2.27. The van der Waals surface area contributed by atoms with Gasteiger partial charge in [-0.3, -0.25) is 14.5 Å². The zero-order valence-corrected chi connectivity index (χ0v) is 15.0. The summed E-state index contributed by atoms with van der Waals surface area (Å²) in [6.07, 6.45) is 1.70. The van der Waals surface area contributed by atoms with E-state index in [1.165, 1.54) is 4.90 Å². The molecule has 0 aromatic heterocycles. The van der Waals surface area contributed by atoms with Crippen molar-refractivity contribution in [3.05, 3.63) is 70.1 Å². The number of benzene rings is 2. The molecule has 1 aliphatic heterocycles. The smallest absolute Gasteiger partial charge is 0.293 e. The van der Waals surface area contributed by atoms with Gasteiger partial charge in [0.1, 0.15) is 12.4 Å². The normalized spacial score (nSPS) is 15.4. The molecule has 26 heavy (non-hydrogen) atoms. The maximum absolute atomic E-state index is 12.1. The second-order valence-electron chi connectivity index (χ2n) is 5.55. The van der Waals surface area contributed by atoms with E-state index in [1.807, 2.05) is 30.3 Å². The van der Waals surface area contributed by atoms with Gasteiger partial charge in [0, 0.05) is 12.1 Å². The quantitative estimate of drug-likeness (QED) is 0.744. The molecule has 0 saturated carbocycles. The van der Waals surface area contributed by atoms with Gasteiger partial charge in [-0.05, 0) is 48.5 Å². The van der Waals surface area contributed by atoms with Gasteiger partial charge in [0.15, 0.2) is 0 Å². The number of amides is 2. The number of nitriles is 1. The average molecular weight is 364 g/mol. The van der Waals surface area contributed by atoms with E-state index in [9.17, 15) is 9.59 Å². The Morgan fingerprint density at radius 2 is 1.88 bits per heavy atom. The van der Waals surface area contributed by atoms with Crippen molar-refractivity contribution < 1.29 is 14.3 Å². The molecule has 0 radical (unpaired) electrons. The highest BCUT2D eigenvalue weighted by molar-refractivity contribution is 8.18. The lowest BCUT2D eigenvalue weighted by Gasteiger charge is -2.08. The van der Waals surface area contributed by atoms with Gasteiger partial charge < -0.3 is 4.74 Å². The van der Waals surface area contributed by atoms with Crippen LogP contribution in [0.25, 0.3) is 6.08 Å². The molecule has 130 valence electrons. The van der Waals surface area contributed by atoms with E-state index >= 15 is 0 Å². The van der Waals surface area contributed by atoms with E-state index in [2.05, 4.69) is 6.07 Å². The van der Waals surface area contributed by atoms with Gasteiger partial charge in [0.25, 0.3) is 11.1 Å². The Hall–Kier alpha value is -3.04. The van der Waals surface area contributed by atoms with Crippen LogP contribution in [0.1, 0.15) is 23.6 Å². The minimum absolute atomic E-state index is 0.236. The van der Waals surface area contributed by atoms with Crippen molar-refractivity contribution in [2.24, 2.45) is 0 Å². The number of imide groups is 1. The number of ether oxygens (including phenoxy) is 1. The molecule has 0 N–H and O–H groups in total. The van der Waals surface area contributed by atoms with E-state index in [4.69, 9.17) is 10.00 Å². The third-order valence-corrected chi connectivity index (χ3v) is 4.81. The number of carbonyl (C=O) groups is 2. The molecule has 2 amide bonds. The SMILES string of the molecule is CCN1C(=O)S/C(=C/c2ccc(OCc3ccccc3C#N)cc2)C1=O. The molecule has 3 rings (SSSR count). The molecule has 2 aromatic rings. The van der Waals surface area contributed by atoms with Crippen LogP contribution in [0, 0.1) is 11.3 Å². The predicted octanol–water partition coefficient (Wildman–Crippen LogP) is 4.19. The molecule has 2 aromatic carbocycles. The monoisotopic (exact) mass is 364 g/mol. The van der Waals surface area contributed by atoms with Gasteiger partial charge in [-0.25, -0.2) is 0 Å². The first-order valence-corrected chi connectivity index (χ1v) is 8.90. The topological polar surface area (TPSA) is 70.4 Å². The standard InChI is InChI=1S/C20H16N2O3S/c1-2-22-19(23)18(26-20(22)24)11-14-7-9-17(10-8-14)25-13-16-6-4-3-5-15(16)12-21/h3-11H,2,13H2,1H3/b18-11+. The first-order valence-electron chi connectivity index (χ1n) is 8.08. The Morgan fingerprint density at radius 1 is 1.15 bits per heavy atom. The van der Waals surface area contributed by atoms with Crippen LogP contribution < -0.4 is 4.74 Å². The van der Waals surface area contributed by atoms with Crippen LogP contribution in [-0.4, -0.2) is 22.6 Å². The van der Waals surface area contributed by atoms with Crippen molar-refractivity contribution in [3.8, 4) is 11.8 Å². The molecule has 0 spiro atoms. The molecule has 6 heteroatoms. The summed E-state index contributed by atoms with van der Waals surface area (Å²) < 4.78 is 5.73. The third-order valence-electron chi connectivity index (χ3n) is 3.90. The summed E-state index contributed by atoms with van der Waals surface area (Å²) in [5, 5.41) is 8.86. The first kappa shape index (κ1) is 17.8. The molecule has 5 nitrogen and oxygen atoms in total. The number of nitrogens with zero attached hydrogens (tertiary/aromatic N) is 2. The molecule has 1 saturated heterocycles. The number of hydrogen-bond donors (Lipinski definition) is 0. The average Bonchev–Trinajstić information content (AvgIpc) is 2.94. The zero-order valence-electron chi connectivity index (χ0n) is 14.1. The Labute approximate surface area is 155 Å². The van der Waals surface area contributed by atoms with Gasteiger partial charge in [0.05, 0.1) is 16.5 Å². The minimum atomic E-state index is -0.254. The van der Waals surface area contributed by atoms with Gasteiger partial charge >= 0.3 is 0 Å². The fraction of sp³-hybridized carbons (Fsp3) is 0.150. The van der Waals surface area contributed by atoms with Crippen molar-refractivity contribution in [2.45, 2.75) is 13.5 Å². The third kappa shape index (κ3) is 3.79. The number of thioether (sulfide) groups is 1. The summed E-state index contributed by atoms with van der Waals surface area (Å²) in [6.45, 7) is 2.45. The van der Waals surface area contributed by atoms with Crippen LogP contribution in [0.5, 0.6) is 5.75 Å². The summed E-state index contributed by atoms with van der Waals surface area (Å²) in [7, 11) is 0. The van der Waals surface area contributed by atoms with Crippen LogP contribution in [0.2, 0.25) is 0 Å².